The van der Waals surface area contributed by atoms with Crippen molar-refractivity contribution in [1.82, 2.24) is 10.2 Å². The Labute approximate surface area is 141 Å². The van der Waals surface area contributed by atoms with Gasteiger partial charge in [0.1, 0.15) is 0 Å². The lowest BCUT2D eigenvalue weighted by atomic mass is 10.2. The summed E-state index contributed by atoms with van der Waals surface area (Å²) in [7, 11) is 0. The quantitative estimate of drug-likeness (QED) is 0.863. The van der Waals surface area contributed by atoms with Gasteiger partial charge in [0.05, 0.1) is 11.4 Å². The molecule has 2 saturated heterocycles. The van der Waals surface area contributed by atoms with E-state index in [0.717, 1.165) is 12.1 Å². The lowest BCUT2D eigenvalue weighted by molar-refractivity contribution is -0.121. The summed E-state index contributed by atoms with van der Waals surface area (Å²) in [4.78, 5) is 39.6. The van der Waals surface area contributed by atoms with Gasteiger partial charge in [0.25, 0.3) is 0 Å². The number of hydrogen-bond donors (Lipinski definition) is 2. The number of carbonyl (C=O) groups excluding carboxylic acids is 3. The number of nitrogens with zero attached hydrogens (tertiary/aromatic N) is 2. The van der Waals surface area contributed by atoms with Gasteiger partial charge in [-0.15, -0.1) is 0 Å². The maximum absolute atomic E-state index is 12.7. The zero-order valence-corrected chi connectivity index (χ0v) is 13.7. The van der Waals surface area contributed by atoms with E-state index in [4.69, 9.17) is 0 Å². The molecule has 0 aliphatic carbocycles. The zero-order valence-electron chi connectivity index (χ0n) is 13.7. The fourth-order valence-corrected chi connectivity index (χ4v) is 3.19. The van der Waals surface area contributed by atoms with E-state index in [0.29, 0.717) is 38.2 Å². The van der Waals surface area contributed by atoms with Gasteiger partial charge in [-0.1, -0.05) is 12.1 Å². The van der Waals surface area contributed by atoms with Crippen LogP contribution in [0.2, 0.25) is 0 Å². The predicted octanol–water partition coefficient (Wildman–Crippen LogP) is 1.56. The lowest BCUT2D eigenvalue weighted by Crippen LogP contribution is -2.42. The second-order valence-electron chi connectivity index (χ2n) is 6.19. The van der Waals surface area contributed by atoms with Gasteiger partial charge in [-0.05, 0) is 25.5 Å². The van der Waals surface area contributed by atoms with Crippen molar-refractivity contribution in [2.75, 3.05) is 29.9 Å². The van der Waals surface area contributed by atoms with Gasteiger partial charge >= 0.3 is 6.03 Å². The molecule has 2 N–H and O–H groups in total. The summed E-state index contributed by atoms with van der Waals surface area (Å²) < 4.78 is 0. The van der Waals surface area contributed by atoms with Crippen LogP contribution >= 0.6 is 0 Å². The number of amides is 4. The molecule has 3 rings (SSSR count). The van der Waals surface area contributed by atoms with Crippen molar-refractivity contribution in [2.45, 2.75) is 32.2 Å². The van der Waals surface area contributed by atoms with Gasteiger partial charge in [0.15, 0.2) is 0 Å². The van der Waals surface area contributed by atoms with E-state index in [1.807, 2.05) is 25.1 Å². The molecule has 2 aliphatic rings. The lowest BCUT2D eigenvalue weighted by Gasteiger charge is -2.27. The molecule has 0 spiro atoms. The number of nitrogens with one attached hydrogen (secondary N) is 2. The van der Waals surface area contributed by atoms with Crippen LogP contribution in [0.1, 0.15) is 26.2 Å². The van der Waals surface area contributed by atoms with E-state index in [2.05, 4.69) is 10.6 Å². The van der Waals surface area contributed by atoms with Gasteiger partial charge in [0, 0.05) is 38.5 Å². The van der Waals surface area contributed by atoms with Crippen molar-refractivity contribution in [1.29, 1.82) is 0 Å². The summed E-state index contributed by atoms with van der Waals surface area (Å²) in [5.41, 5.74) is 1.35. The highest BCUT2D eigenvalue weighted by Crippen LogP contribution is 2.29. The topological polar surface area (TPSA) is 81.8 Å². The van der Waals surface area contributed by atoms with E-state index in [1.165, 1.54) is 0 Å². The Balaban J connectivity index is 1.77. The molecule has 7 nitrogen and oxygen atoms in total. The Morgan fingerprint density at radius 2 is 2.04 bits per heavy atom. The smallest absolute Gasteiger partial charge is 0.322 e. The second-order valence-corrected chi connectivity index (χ2v) is 6.19. The third-order valence-electron chi connectivity index (χ3n) is 4.46. The summed E-state index contributed by atoms with van der Waals surface area (Å²) in [5.74, 6) is 0.0375. The van der Waals surface area contributed by atoms with Crippen LogP contribution in [0.25, 0.3) is 0 Å². The summed E-state index contributed by atoms with van der Waals surface area (Å²) in [6.07, 6.45) is 1.66. The molecule has 2 heterocycles. The number of carbonyl (C=O) groups is 3. The normalized spacial score (nSPS) is 21.5. The molecule has 0 bridgehead atoms. The van der Waals surface area contributed by atoms with Gasteiger partial charge in [-0.3, -0.25) is 9.59 Å². The number of hydrogen-bond acceptors (Lipinski definition) is 3. The molecule has 7 heteroatoms. The van der Waals surface area contributed by atoms with Crippen molar-refractivity contribution in [2.24, 2.45) is 0 Å². The van der Waals surface area contributed by atoms with Crippen LogP contribution in [0.3, 0.4) is 0 Å². The Bertz CT molecular complexity index is 661. The third kappa shape index (κ3) is 3.34. The molecule has 4 amide bonds. The number of benzene rings is 1. The zero-order chi connectivity index (χ0) is 17.1. The first kappa shape index (κ1) is 16.3. The van der Waals surface area contributed by atoms with Crippen LogP contribution in [0.5, 0.6) is 0 Å². The summed E-state index contributed by atoms with van der Waals surface area (Å²) in [6, 6.07) is 6.90. The molecular weight excluding hydrogens is 308 g/mol. The monoisotopic (exact) mass is 330 g/mol. The van der Waals surface area contributed by atoms with Crippen LogP contribution in [0, 0.1) is 0 Å². The van der Waals surface area contributed by atoms with Crippen molar-refractivity contribution in [3.63, 3.8) is 0 Å². The first-order chi connectivity index (χ1) is 11.6. The Hall–Kier alpha value is -2.57. The Morgan fingerprint density at radius 3 is 2.79 bits per heavy atom. The molecule has 0 radical (unpaired) electrons. The highest BCUT2D eigenvalue weighted by atomic mass is 16.2. The van der Waals surface area contributed by atoms with E-state index < -0.39 is 0 Å². The summed E-state index contributed by atoms with van der Waals surface area (Å²) in [5, 5.41) is 5.68. The van der Waals surface area contributed by atoms with Crippen molar-refractivity contribution in [3.8, 4) is 0 Å². The van der Waals surface area contributed by atoms with Crippen LogP contribution < -0.4 is 15.5 Å². The fraction of sp³-hybridized carbons (Fsp3) is 0.471. The fourth-order valence-electron chi connectivity index (χ4n) is 3.19. The molecule has 0 saturated carbocycles. The number of urea groups is 1. The van der Waals surface area contributed by atoms with E-state index in [9.17, 15) is 14.4 Å². The average Bonchev–Trinajstić information content (AvgIpc) is 2.89. The molecule has 1 unspecified atom stereocenters. The van der Waals surface area contributed by atoms with Gasteiger partial charge < -0.3 is 20.4 Å². The maximum atomic E-state index is 12.7. The molecule has 2 aliphatic heterocycles. The number of rotatable bonds is 2. The molecule has 1 aromatic rings. The highest BCUT2D eigenvalue weighted by molar-refractivity contribution is 6.01. The molecule has 128 valence electrons. The van der Waals surface area contributed by atoms with Crippen LogP contribution in [0.15, 0.2) is 24.3 Å². The average molecular weight is 330 g/mol. The van der Waals surface area contributed by atoms with E-state index in [-0.39, 0.29) is 23.9 Å². The Morgan fingerprint density at radius 1 is 1.25 bits per heavy atom. The van der Waals surface area contributed by atoms with E-state index >= 15 is 0 Å². The summed E-state index contributed by atoms with van der Waals surface area (Å²) in [6.45, 7) is 3.44. The molecule has 2 fully saturated rings. The third-order valence-corrected chi connectivity index (χ3v) is 4.46. The molecule has 1 atom stereocenters. The molecule has 0 aromatic heterocycles. The van der Waals surface area contributed by atoms with Crippen molar-refractivity contribution < 1.29 is 14.4 Å². The molecule has 24 heavy (non-hydrogen) atoms. The summed E-state index contributed by atoms with van der Waals surface area (Å²) >= 11 is 0. The van der Waals surface area contributed by atoms with Crippen LogP contribution in [0.4, 0.5) is 16.2 Å². The largest absolute Gasteiger partial charge is 0.354 e. The first-order valence-electron chi connectivity index (χ1n) is 8.30. The maximum Gasteiger partial charge on any atom is 0.322 e. The number of para-hydroxylation sites is 2. The molecule has 1 aromatic carbocycles. The van der Waals surface area contributed by atoms with Gasteiger partial charge in [-0.25, -0.2) is 4.79 Å². The van der Waals surface area contributed by atoms with Crippen LogP contribution in [-0.2, 0) is 9.59 Å². The second kappa shape index (κ2) is 6.90. The van der Waals surface area contributed by atoms with E-state index in [1.54, 1.807) is 15.9 Å². The van der Waals surface area contributed by atoms with Crippen molar-refractivity contribution in [3.05, 3.63) is 24.3 Å². The standard InChI is InChI=1S/C17H22N4O3/c1-12-11-15(22)18-8-10-20(12)17(24)19-13-5-2-3-6-14(13)21-9-4-7-16(21)23/h2-3,5-6,12H,4,7-11H2,1H3,(H,18,22)(H,19,24). The minimum absolute atomic E-state index is 0.0409. The van der Waals surface area contributed by atoms with Gasteiger partial charge in [-0.2, -0.15) is 0 Å². The minimum atomic E-state index is -0.252. The van der Waals surface area contributed by atoms with Crippen molar-refractivity contribution >= 4 is 29.2 Å². The minimum Gasteiger partial charge on any atom is -0.354 e. The first-order valence-corrected chi connectivity index (χ1v) is 8.30. The van der Waals surface area contributed by atoms with Crippen LogP contribution in [-0.4, -0.2) is 48.4 Å². The number of anilines is 2. The SMILES string of the molecule is CC1CC(=O)NCCN1C(=O)Nc1ccccc1N1CCCC1=O. The Kier molecular flexibility index (Phi) is 4.69. The molecular formula is C17H22N4O3. The predicted molar refractivity (Wildman–Crippen MR) is 90.8 cm³/mol. The highest BCUT2D eigenvalue weighted by Gasteiger charge is 2.27. The van der Waals surface area contributed by atoms with Gasteiger partial charge in [0.2, 0.25) is 11.8 Å².